The number of carbonyl (C=O) groups is 1. The summed E-state index contributed by atoms with van der Waals surface area (Å²) in [6, 6.07) is 0. The molecule has 0 N–H and O–H groups in total. The second-order valence-electron chi connectivity index (χ2n) is 5.71. The van der Waals surface area contributed by atoms with Crippen molar-refractivity contribution in [2.45, 2.75) is 53.2 Å². The summed E-state index contributed by atoms with van der Waals surface area (Å²) in [7, 11) is 0. The molecule has 0 radical (unpaired) electrons. The molecule has 25 heavy (non-hydrogen) atoms. The van der Waals surface area contributed by atoms with Crippen molar-refractivity contribution in [3.05, 3.63) is 29.1 Å². The van der Waals surface area contributed by atoms with Crippen molar-refractivity contribution in [1.82, 2.24) is 39.8 Å². The van der Waals surface area contributed by atoms with E-state index in [-0.39, 0.29) is 19.0 Å². The minimum absolute atomic E-state index is 0.0736. The third-order valence-electron chi connectivity index (χ3n) is 3.97. The van der Waals surface area contributed by atoms with Gasteiger partial charge in [-0.2, -0.15) is 10.1 Å². The molecule has 10 nitrogen and oxygen atoms in total. The fourth-order valence-electron chi connectivity index (χ4n) is 2.67. The van der Waals surface area contributed by atoms with Crippen molar-refractivity contribution < 1.29 is 9.53 Å². The average Bonchev–Trinajstić information content (AvgIpc) is 3.22. The number of aryl methyl sites for hydroxylation is 3. The summed E-state index contributed by atoms with van der Waals surface area (Å²) < 4.78 is 8.61. The molecule has 0 saturated heterocycles. The Balaban J connectivity index is 1.60. The number of esters is 1. The first-order chi connectivity index (χ1) is 12.1. The fourth-order valence-corrected chi connectivity index (χ4v) is 2.67. The fraction of sp³-hybridized carbons (Fsp3) is 0.533. The van der Waals surface area contributed by atoms with E-state index in [9.17, 15) is 4.79 Å². The SMILES string of the molecule is CCCn1nnnc1COC(=O)CCc1c(C)nc2ncnn2c1C. The van der Waals surface area contributed by atoms with E-state index in [0.717, 1.165) is 23.4 Å². The van der Waals surface area contributed by atoms with Crippen LogP contribution in [0.5, 0.6) is 0 Å². The van der Waals surface area contributed by atoms with Crippen molar-refractivity contribution in [2.75, 3.05) is 0 Å². The van der Waals surface area contributed by atoms with Crippen LogP contribution in [-0.2, 0) is 29.1 Å². The Morgan fingerprint density at radius 3 is 2.96 bits per heavy atom. The van der Waals surface area contributed by atoms with Gasteiger partial charge in [-0.05, 0) is 42.7 Å². The van der Waals surface area contributed by atoms with Crippen LogP contribution in [0.15, 0.2) is 6.33 Å². The van der Waals surface area contributed by atoms with Gasteiger partial charge in [0, 0.05) is 24.4 Å². The van der Waals surface area contributed by atoms with E-state index < -0.39 is 0 Å². The molecule has 3 heterocycles. The van der Waals surface area contributed by atoms with Crippen LogP contribution in [-0.4, -0.2) is 45.8 Å². The van der Waals surface area contributed by atoms with Crippen molar-refractivity contribution >= 4 is 11.7 Å². The second-order valence-corrected chi connectivity index (χ2v) is 5.71. The van der Waals surface area contributed by atoms with E-state index in [1.807, 2.05) is 20.8 Å². The maximum atomic E-state index is 12.1. The lowest BCUT2D eigenvalue weighted by molar-refractivity contribution is -0.145. The van der Waals surface area contributed by atoms with Gasteiger partial charge < -0.3 is 4.74 Å². The molecule has 0 bridgehead atoms. The number of aromatic nitrogens is 8. The number of carbonyl (C=O) groups excluding carboxylic acids is 1. The quantitative estimate of drug-likeness (QED) is 0.579. The van der Waals surface area contributed by atoms with E-state index in [1.165, 1.54) is 6.33 Å². The van der Waals surface area contributed by atoms with Gasteiger partial charge in [0.25, 0.3) is 5.78 Å². The highest BCUT2D eigenvalue weighted by molar-refractivity contribution is 5.69. The summed E-state index contributed by atoms with van der Waals surface area (Å²) in [5, 5.41) is 15.5. The maximum absolute atomic E-state index is 12.1. The third-order valence-corrected chi connectivity index (χ3v) is 3.97. The Labute approximate surface area is 144 Å². The average molecular weight is 344 g/mol. The van der Waals surface area contributed by atoms with E-state index in [1.54, 1.807) is 9.20 Å². The molecule has 0 aliphatic heterocycles. The summed E-state index contributed by atoms with van der Waals surface area (Å²) in [5.41, 5.74) is 2.75. The molecule has 0 aliphatic carbocycles. The Hall–Kier alpha value is -2.91. The molecule has 3 aromatic rings. The van der Waals surface area contributed by atoms with Crippen LogP contribution >= 0.6 is 0 Å². The molecule has 3 aromatic heterocycles. The molecular formula is C15H20N8O2. The van der Waals surface area contributed by atoms with Crippen LogP contribution in [0.3, 0.4) is 0 Å². The van der Waals surface area contributed by atoms with Crippen molar-refractivity contribution in [2.24, 2.45) is 0 Å². The van der Waals surface area contributed by atoms with Gasteiger partial charge in [-0.1, -0.05) is 6.92 Å². The Morgan fingerprint density at radius 2 is 2.16 bits per heavy atom. The molecule has 0 aliphatic rings. The van der Waals surface area contributed by atoms with E-state index in [0.29, 0.717) is 24.6 Å². The van der Waals surface area contributed by atoms with Gasteiger partial charge in [0.1, 0.15) is 6.33 Å². The van der Waals surface area contributed by atoms with Gasteiger partial charge in [-0.15, -0.1) is 5.10 Å². The molecule has 10 heteroatoms. The number of hydrogen-bond acceptors (Lipinski definition) is 8. The highest BCUT2D eigenvalue weighted by atomic mass is 16.5. The van der Waals surface area contributed by atoms with Crippen molar-refractivity contribution in [3.63, 3.8) is 0 Å². The number of tetrazole rings is 1. The van der Waals surface area contributed by atoms with Crippen LogP contribution < -0.4 is 0 Å². The van der Waals surface area contributed by atoms with Gasteiger partial charge in [-0.3, -0.25) is 4.79 Å². The largest absolute Gasteiger partial charge is 0.457 e. The molecule has 0 amide bonds. The van der Waals surface area contributed by atoms with Gasteiger partial charge in [0.15, 0.2) is 12.4 Å². The number of nitrogens with zero attached hydrogens (tertiary/aromatic N) is 8. The number of rotatable bonds is 7. The molecule has 0 saturated carbocycles. The van der Waals surface area contributed by atoms with E-state index in [4.69, 9.17) is 4.74 Å². The van der Waals surface area contributed by atoms with Gasteiger partial charge in [-0.25, -0.2) is 14.2 Å². The highest BCUT2D eigenvalue weighted by Gasteiger charge is 2.14. The van der Waals surface area contributed by atoms with Crippen LogP contribution in [0, 0.1) is 13.8 Å². The molecule has 0 atom stereocenters. The van der Waals surface area contributed by atoms with Crippen molar-refractivity contribution in [1.29, 1.82) is 0 Å². The van der Waals surface area contributed by atoms with Crippen LogP contribution in [0.4, 0.5) is 0 Å². The minimum Gasteiger partial charge on any atom is -0.457 e. The normalized spacial score (nSPS) is 11.2. The highest BCUT2D eigenvalue weighted by Crippen LogP contribution is 2.15. The zero-order chi connectivity index (χ0) is 17.8. The summed E-state index contributed by atoms with van der Waals surface area (Å²) >= 11 is 0. The molecule has 0 spiro atoms. The zero-order valence-corrected chi connectivity index (χ0v) is 14.5. The summed E-state index contributed by atoms with van der Waals surface area (Å²) in [6.07, 6.45) is 3.15. The van der Waals surface area contributed by atoms with Crippen LogP contribution in [0.1, 0.15) is 42.5 Å². The number of fused-ring (bicyclic) bond motifs is 1. The second kappa shape index (κ2) is 7.32. The molecule has 132 valence electrons. The summed E-state index contributed by atoms with van der Waals surface area (Å²) in [5.74, 6) is 0.806. The zero-order valence-electron chi connectivity index (χ0n) is 14.5. The van der Waals surface area contributed by atoms with Gasteiger partial charge in [0.2, 0.25) is 0 Å². The van der Waals surface area contributed by atoms with Crippen molar-refractivity contribution in [3.8, 4) is 0 Å². The maximum Gasteiger partial charge on any atom is 0.306 e. The smallest absolute Gasteiger partial charge is 0.306 e. The minimum atomic E-state index is -0.302. The summed E-state index contributed by atoms with van der Waals surface area (Å²) in [6.45, 7) is 6.64. The predicted octanol–water partition coefficient (Wildman–Crippen LogP) is 0.814. The monoisotopic (exact) mass is 344 g/mol. The lowest BCUT2D eigenvalue weighted by Crippen LogP contribution is -2.12. The predicted molar refractivity (Wildman–Crippen MR) is 86.5 cm³/mol. The Morgan fingerprint density at radius 1 is 1.32 bits per heavy atom. The summed E-state index contributed by atoms with van der Waals surface area (Å²) in [4.78, 5) is 20.5. The first-order valence-electron chi connectivity index (χ1n) is 8.16. The van der Waals surface area contributed by atoms with E-state index >= 15 is 0 Å². The van der Waals surface area contributed by atoms with Gasteiger partial charge >= 0.3 is 5.97 Å². The Bertz CT molecular complexity index is 885. The standard InChI is InChI=1S/C15H20N8O2/c1-4-7-22-13(19-20-21-22)8-25-14(24)6-5-12-10(2)18-15-16-9-17-23(15)11(12)3/h9H,4-8H2,1-3H3. The van der Waals surface area contributed by atoms with Crippen LogP contribution in [0.2, 0.25) is 0 Å². The number of hydrogen-bond donors (Lipinski definition) is 0. The molecule has 0 fully saturated rings. The molecule has 0 aromatic carbocycles. The molecular weight excluding hydrogens is 324 g/mol. The van der Waals surface area contributed by atoms with Gasteiger partial charge in [0.05, 0.1) is 0 Å². The topological polar surface area (TPSA) is 113 Å². The molecule has 3 rings (SSSR count). The third kappa shape index (κ3) is 3.62. The van der Waals surface area contributed by atoms with E-state index in [2.05, 4.69) is 30.6 Å². The lowest BCUT2D eigenvalue weighted by Gasteiger charge is -2.10. The first-order valence-corrected chi connectivity index (χ1v) is 8.16. The lowest BCUT2D eigenvalue weighted by atomic mass is 10.1. The number of ether oxygens (including phenoxy) is 1. The first kappa shape index (κ1) is 16.9. The van der Waals surface area contributed by atoms with Crippen LogP contribution in [0.25, 0.3) is 5.78 Å². The molecule has 0 unspecified atom stereocenters. The Kier molecular flexibility index (Phi) is 4.96.